The molecule has 0 aromatic carbocycles. The van der Waals surface area contributed by atoms with E-state index < -0.39 is 29.7 Å². The summed E-state index contributed by atoms with van der Waals surface area (Å²) in [5.41, 5.74) is 4.94. The van der Waals surface area contributed by atoms with Gasteiger partial charge >= 0.3 is 11.9 Å². The van der Waals surface area contributed by atoms with Crippen LogP contribution in [0.2, 0.25) is 0 Å². The van der Waals surface area contributed by atoms with Crippen molar-refractivity contribution < 1.29 is 24.6 Å². The number of amides is 1. The number of rotatable bonds is 4. The quantitative estimate of drug-likeness (QED) is 0.509. The van der Waals surface area contributed by atoms with Gasteiger partial charge < -0.3 is 15.9 Å². The van der Waals surface area contributed by atoms with Gasteiger partial charge in [-0.3, -0.25) is 19.3 Å². The number of likely N-dealkylation sites (tertiary alicyclic amines) is 1. The smallest absolute Gasteiger partial charge is 0.308 e. The van der Waals surface area contributed by atoms with Crippen molar-refractivity contribution in [3.05, 3.63) is 0 Å². The minimum absolute atomic E-state index is 0.0508. The molecule has 1 saturated heterocycles. The summed E-state index contributed by atoms with van der Waals surface area (Å²) in [6, 6.07) is 0. The van der Waals surface area contributed by atoms with E-state index in [1.807, 2.05) is 0 Å². The van der Waals surface area contributed by atoms with Crippen LogP contribution in [0.15, 0.2) is 0 Å². The topological polar surface area (TPSA) is 121 Å². The van der Waals surface area contributed by atoms with Crippen molar-refractivity contribution in [2.75, 3.05) is 19.6 Å². The number of carbonyl (C=O) groups excluding carboxylic acids is 1. The maximum atomic E-state index is 10.7. The van der Waals surface area contributed by atoms with Gasteiger partial charge in [0.15, 0.2) is 0 Å². The molecule has 0 saturated carbocycles. The van der Waals surface area contributed by atoms with Gasteiger partial charge in [-0.25, -0.2) is 0 Å². The van der Waals surface area contributed by atoms with Crippen LogP contribution in [0.3, 0.4) is 0 Å². The monoisotopic (exact) mass is 216 g/mol. The zero-order valence-electron chi connectivity index (χ0n) is 7.92. The molecule has 7 heteroatoms. The molecule has 0 aromatic heterocycles. The average molecular weight is 216 g/mol. The van der Waals surface area contributed by atoms with Gasteiger partial charge in [0.05, 0.1) is 18.4 Å². The molecule has 4 N–H and O–H groups in total. The summed E-state index contributed by atoms with van der Waals surface area (Å²) in [5.74, 6) is -4.85. The van der Waals surface area contributed by atoms with Crippen molar-refractivity contribution >= 4 is 17.8 Å². The van der Waals surface area contributed by atoms with Crippen LogP contribution >= 0.6 is 0 Å². The molecule has 2 unspecified atom stereocenters. The van der Waals surface area contributed by atoms with Crippen LogP contribution in [0.1, 0.15) is 0 Å². The zero-order chi connectivity index (χ0) is 11.6. The number of carboxylic acids is 2. The number of primary amides is 1. The van der Waals surface area contributed by atoms with Gasteiger partial charge in [-0.05, 0) is 0 Å². The van der Waals surface area contributed by atoms with E-state index in [2.05, 4.69) is 0 Å². The van der Waals surface area contributed by atoms with E-state index >= 15 is 0 Å². The standard InChI is InChI=1S/C8H12N2O5/c9-6(11)3-10-1-4(7(12)13)5(2-10)8(14)15/h4-5H,1-3H2,(H2,9,11)(H,12,13)(H,14,15). The van der Waals surface area contributed by atoms with E-state index in [-0.39, 0.29) is 19.6 Å². The van der Waals surface area contributed by atoms with Gasteiger partial charge in [0, 0.05) is 13.1 Å². The van der Waals surface area contributed by atoms with Gasteiger partial charge in [0.25, 0.3) is 0 Å². The normalized spacial score (nSPS) is 26.4. The molecule has 2 atom stereocenters. The number of nitrogens with zero attached hydrogens (tertiary/aromatic N) is 1. The van der Waals surface area contributed by atoms with Crippen LogP contribution in [0.4, 0.5) is 0 Å². The molecule has 15 heavy (non-hydrogen) atoms. The summed E-state index contributed by atoms with van der Waals surface area (Å²) in [6.07, 6.45) is 0. The maximum Gasteiger partial charge on any atom is 0.308 e. The van der Waals surface area contributed by atoms with E-state index in [0.29, 0.717) is 0 Å². The molecule has 7 nitrogen and oxygen atoms in total. The first-order valence-corrected chi connectivity index (χ1v) is 4.38. The highest BCUT2D eigenvalue weighted by Gasteiger charge is 2.42. The zero-order valence-corrected chi connectivity index (χ0v) is 7.92. The summed E-state index contributed by atoms with van der Waals surface area (Å²) in [4.78, 5) is 33.5. The minimum atomic E-state index is -1.16. The second kappa shape index (κ2) is 4.26. The van der Waals surface area contributed by atoms with Crippen LogP contribution in [-0.4, -0.2) is 52.6 Å². The minimum Gasteiger partial charge on any atom is -0.481 e. The summed E-state index contributed by atoms with van der Waals surface area (Å²) in [6.45, 7) is -0.00194. The number of hydrogen-bond donors (Lipinski definition) is 3. The number of hydrogen-bond acceptors (Lipinski definition) is 4. The summed E-state index contributed by atoms with van der Waals surface area (Å²) < 4.78 is 0. The molecule has 0 spiro atoms. The summed E-state index contributed by atoms with van der Waals surface area (Å²) >= 11 is 0. The molecule has 1 aliphatic rings. The van der Waals surface area contributed by atoms with Gasteiger partial charge in [-0.15, -0.1) is 0 Å². The van der Waals surface area contributed by atoms with Gasteiger partial charge in [0.2, 0.25) is 5.91 Å². The second-order valence-corrected chi connectivity index (χ2v) is 3.55. The largest absolute Gasteiger partial charge is 0.481 e. The van der Waals surface area contributed by atoms with Gasteiger partial charge in [-0.1, -0.05) is 0 Å². The van der Waals surface area contributed by atoms with Crippen molar-refractivity contribution in [2.45, 2.75) is 0 Å². The molecule has 1 heterocycles. The second-order valence-electron chi connectivity index (χ2n) is 3.55. The maximum absolute atomic E-state index is 10.7. The molecular formula is C8H12N2O5. The molecule has 1 rings (SSSR count). The predicted octanol–water partition coefficient (Wildman–Crippen LogP) is -1.81. The molecular weight excluding hydrogens is 204 g/mol. The Labute approximate surface area is 85.5 Å². The molecule has 0 aromatic rings. The highest BCUT2D eigenvalue weighted by molar-refractivity contribution is 5.82. The van der Waals surface area contributed by atoms with Gasteiger partial charge in [-0.2, -0.15) is 0 Å². The highest BCUT2D eigenvalue weighted by Crippen LogP contribution is 2.23. The van der Waals surface area contributed by atoms with Crippen LogP contribution in [0.25, 0.3) is 0 Å². The van der Waals surface area contributed by atoms with E-state index in [1.54, 1.807) is 0 Å². The lowest BCUT2D eigenvalue weighted by Gasteiger charge is -2.11. The Kier molecular flexibility index (Phi) is 3.25. The first kappa shape index (κ1) is 11.4. The SMILES string of the molecule is NC(=O)CN1CC(C(=O)O)C(C(=O)O)C1. The fourth-order valence-corrected chi connectivity index (χ4v) is 1.74. The summed E-state index contributed by atoms with van der Waals surface area (Å²) in [7, 11) is 0. The van der Waals surface area contributed by atoms with Crippen molar-refractivity contribution in [1.82, 2.24) is 4.90 Å². The summed E-state index contributed by atoms with van der Waals surface area (Å²) in [5, 5.41) is 17.6. The average Bonchev–Trinajstić information content (AvgIpc) is 2.46. The Balaban J connectivity index is 2.69. The number of carbonyl (C=O) groups is 3. The Morgan fingerprint density at radius 3 is 1.80 bits per heavy atom. The first-order chi connectivity index (χ1) is 6.91. The fraction of sp³-hybridized carbons (Fsp3) is 0.625. The lowest BCUT2D eigenvalue weighted by Crippen LogP contribution is -2.32. The number of carboxylic acid groups (broad SMARTS) is 2. The van der Waals surface area contributed by atoms with Gasteiger partial charge in [0.1, 0.15) is 0 Å². The molecule has 0 aliphatic carbocycles. The van der Waals surface area contributed by atoms with E-state index in [9.17, 15) is 14.4 Å². The third-order valence-electron chi connectivity index (χ3n) is 2.41. The Morgan fingerprint density at radius 1 is 1.13 bits per heavy atom. The number of nitrogens with two attached hydrogens (primary N) is 1. The van der Waals surface area contributed by atoms with Crippen LogP contribution < -0.4 is 5.73 Å². The van der Waals surface area contributed by atoms with Crippen molar-refractivity contribution in [3.63, 3.8) is 0 Å². The third-order valence-corrected chi connectivity index (χ3v) is 2.41. The molecule has 1 amide bonds. The molecule has 0 bridgehead atoms. The Morgan fingerprint density at radius 2 is 1.53 bits per heavy atom. The lowest BCUT2D eigenvalue weighted by molar-refractivity contribution is -0.151. The van der Waals surface area contributed by atoms with Crippen molar-refractivity contribution in [2.24, 2.45) is 17.6 Å². The Hall–Kier alpha value is -1.63. The molecule has 0 radical (unpaired) electrons. The van der Waals surface area contributed by atoms with E-state index in [4.69, 9.17) is 15.9 Å². The van der Waals surface area contributed by atoms with Crippen LogP contribution in [-0.2, 0) is 14.4 Å². The number of aliphatic carboxylic acids is 2. The third kappa shape index (κ3) is 2.66. The lowest BCUT2D eigenvalue weighted by atomic mass is 9.97. The molecule has 1 fully saturated rings. The first-order valence-electron chi connectivity index (χ1n) is 4.38. The van der Waals surface area contributed by atoms with Crippen molar-refractivity contribution in [1.29, 1.82) is 0 Å². The predicted molar refractivity (Wildman–Crippen MR) is 47.9 cm³/mol. The van der Waals surface area contributed by atoms with Crippen molar-refractivity contribution in [3.8, 4) is 0 Å². The van der Waals surface area contributed by atoms with Crippen LogP contribution in [0, 0.1) is 11.8 Å². The highest BCUT2D eigenvalue weighted by atomic mass is 16.4. The molecule has 84 valence electrons. The van der Waals surface area contributed by atoms with E-state index in [1.165, 1.54) is 4.90 Å². The Bertz CT molecular complexity index is 281. The van der Waals surface area contributed by atoms with E-state index in [0.717, 1.165) is 0 Å². The fourth-order valence-electron chi connectivity index (χ4n) is 1.74. The molecule has 1 aliphatic heterocycles. The van der Waals surface area contributed by atoms with Crippen LogP contribution in [0.5, 0.6) is 0 Å².